The zero-order valence-electron chi connectivity index (χ0n) is 12.2. The van der Waals surface area contributed by atoms with Gasteiger partial charge in [-0.2, -0.15) is 5.10 Å². The number of hydrogen-bond acceptors (Lipinski definition) is 4. The average Bonchev–Trinajstić information content (AvgIpc) is 2.99. The lowest BCUT2D eigenvalue weighted by Gasteiger charge is -2.13. The maximum atomic E-state index is 12.5. The van der Waals surface area contributed by atoms with E-state index in [-0.39, 0.29) is 6.04 Å². The van der Waals surface area contributed by atoms with Crippen LogP contribution in [-0.4, -0.2) is 31.2 Å². The number of aromatic nitrogens is 2. The van der Waals surface area contributed by atoms with Gasteiger partial charge in [0, 0.05) is 12.6 Å². The molecule has 7 heteroatoms. The van der Waals surface area contributed by atoms with Crippen LogP contribution in [0.2, 0.25) is 0 Å². The van der Waals surface area contributed by atoms with Crippen molar-refractivity contribution < 1.29 is 8.42 Å². The third-order valence-electron chi connectivity index (χ3n) is 3.63. The number of aromatic amines is 1. The fourth-order valence-corrected chi connectivity index (χ4v) is 4.32. The van der Waals surface area contributed by atoms with Crippen LogP contribution in [0.5, 0.6) is 0 Å². The van der Waals surface area contributed by atoms with Crippen LogP contribution >= 0.6 is 0 Å². The normalized spacial score (nSPS) is 16.9. The van der Waals surface area contributed by atoms with Crippen LogP contribution in [0, 0.1) is 6.92 Å². The minimum atomic E-state index is -3.48. The number of nitrogens with zero attached hydrogens (tertiary/aromatic N) is 1. The van der Waals surface area contributed by atoms with Gasteiger partial charge in [-0.1, -0.05) is 19.8 Å². The molecule has 1 fully saturated rings. The van der Waals surface area contributed by atoms with E-state index in [1.54, 1.807) is 6.92 Å². The number of nitrogens with one attached hydrogen (secondary N) is 3. The fraction of sp³-hybridized carbons (Fsp3) is 0.769. The Morgan fingerprint density at radius 1 is 1.35 bits per heavy atom. The molecule has 3 N–H and O–H groups in total. The summed E-state index contributed by atoms with van der Waals surface area (Å²) in [7, 11) is -3.48. The van der Waals surface area contributed by atoms with Crippen LogP contribution in [0.4, 0.5) is 0 Å². The van der Waals surface area contributed by atoms with Gasteiger partial charge in [0.15, 0.2) is 0 Å². The first-order valence-electron chi connectivity index (χ1n) is 7.31. The van der Waals surface area contributed by atoms with Crippen LogP contribution in [0.3, 0.4) is 0 Å². The highest BCUT2D eigenvalue weighted by Crippen LogP contribution is 2.23. The van der Waals surface area contributed by atoms with Gasteiger partial charge in [0.25, 0.3) is 0 Å². The number of H-pyrrole nitrogens is 1. The Balaban J connectivity index is 2.14. The molecule has 0 amide bonds. The quantitative estimate of drug-likeness (QED) is 0.665. The molecular weight excluding hydrogens is 276 g/mol. The smallest absolute Gasteiger partial charge is 0.244 e. The van der Waals surface area contributed by atoms with Crippen molar-refractivity contribution in [2.75, 3.05) is 6.54 Å². The molecule has 1 aromatic heterocycles. The first-order valence-corrected chi connectivity index (χ1v) is 8.79. The Hall–Kier alpha value is -0.920. The van der Waals surface area contributed by atoms with Gasteiger partial charge in [0.2, 0.25) is 10.0 Å². The Morgan fingerprint density at radius 2 is 2.05 bits per heavy atom. The zero-order chi connectivity index (χ0) is 14.6. The summed E-state index contributed by atoms with van der Waals surface area (Å²) in [6.45, 7) is 5.14. The second-order valence-electron chi connectivity index (χ2n) is 5.40. The number of rotatable bonds is 7. The largest absolute Gasteiger partial charge is 0.311 e. The van der Waals surface area contributed by atoms with Crippen molar-refractivity contribution in [1.29, 1.82) is 0 Å². The molecule has 0 unspecified atom stereocenters. The van der Waals surface area contributed by atoms with E-state index in [1.807, 2.05) is 0 Å². The van der Waals surface area contributed by atoms with E-state index < -0.39 is 10.0 Å². The second-order valence-corrected chi connectivity index (χ2v) is 7.05. The molecule has 1 aliphatic carbocycles. The standard InChI is InChI=1S/C13H24N4O2S/c1-3-8-14-9-12-13(10(2)15-16-12)20(18,19)17-11-6-4-5-7-11/h11,14,17H,3-9H2,1-2H3,(H,15,16). The van der Waals surface area contributed by atoms with Crippen molar-refractivity contribution in [2.45, 2.75) is 63.4 Å². The van der Waals surface area contributed by atoms with Crippen LogP contribution in [-0.2, 0) is 16.6 Å². The number of hydrogen-bond donors (Lipinski definition) is 3. The van der Waals surface area contributed by atoms with Crippen molar-refractivity contribution in [3.8, 4) is 0 Å². The van der Waals surface area contributed by atoms with Crippen molar-refractivity contribution in [2.24, 2.45) is 0 Å². The molecule has 0 bridgehead atoms. The van der Waals surface area contributed by atoms with Crippen LogP contribution in [0.1, 0.15) is 50.4 Å². The van der Waals surface area contributed by atoms with Crippen molar-refractivity contribution >= 4 is 10.0 Å². The van der Waals surface area contributed by atoms with Crippen LogP contribution in [0.15, 0.2) is 4.90 Å². The van der Waals surface area contributed by atoms with E-state index in [4.69, 9.17) is 0 Å². The molecule has 1 heterocycles. The fourth-order valence-electron chi connectivity index (χ4n) is 2.65. The highest BCUT2D eigenvalue weighted by Gasteiger charge is 2.28. The summed E-state index contributed by atoms with van der Waals surface area (Å²) < 4.78 is 27.9. The minimum absolute atomic E-state index is 0.0748. The molecule has 0 radical (unpaired) electrons. The monoisotopic (exact) mass is 300 g/mol. The van der Waals surface area contributed by atoms with Crippen molar-refractivity contribution in [1.82, 2.24) is 20.2 Å². The minimum Gasteiger partial charge on any atom is -0.311 e. The van der Waals surface area contributed by atoms with Crippen molar-refractivity contribution in [3.63, 3.8) is 0 Å². The lowest BCUT2D eigenvalue weighted by atomic mass is 10.3. The molecular formula is C13H24N4O2S. The maximum Gasteiger partial charge on any atom is 0.244 e. The predicted octanol–water partition coefficient (Wildman–Crippen LogP) is 1.44. The summed E-state index contributed by atoms with van der Waals surface area (Å²) in [5.74, 6) is 0. The topological polar surface area (TPSA) is 86.9 Å². The second kappa shape index (κ2) is 6.69. The third-order valence-corrected chi connectivity index (χ3v) is 5.35. The third kappa shape index (κ3) is 3.59. The molecule has 0 atom stereocenters. The summed E-state index contributed by atoms with van der Waals surface area (Å²) in [6, 6.07) is 0.0748. The van der Waals surface area contributed by atoms with Gasteiger partial charge in [-0.25, -0.2) is 13.1 Å². The maximum absolute atomic E-state index is 12.5. The Labute approximate surface area is 120 Å². The van der Waals surface area contributed by atoms with Gasteiger partial charge < -0.3 is 5.32 Å². The molecule has 1 aromatic rings. The van der Waals surface area contributed by atoms with Gasteiger partial charge in [-0.05, 0) is 32.7 Å². The Bertz CT molecular complexity index is 533. The lowest BCUT2D eigenvalue weighted by Crippen LogP contribution is -2.33. The summed E-state index contributed by atoms with van der Waals surface area (Å²) in [4.78, 5) is 0.313. The molecule has 1 saturated carbocycles. The molecule has 1 aliphatic rings. The first kappa shape index (κ1) is 15.5. The SMILES string of the molecule is CCCNCc1n[nH]c(C)c1S(=O)(=O)NC1CCCC1. The predicted molar refractivity (Wildman–Crippen MR) is 77.9 cm³/mol. The van der Waals surface area contributed by atoms with Gasteiger partial charge in [0.05, 0.1) is 11.4 Å². The highest BCUT2D eigenvalue weighted by molar-refractivity contribution is 7.89. The van der Waals surface area contributed by atoms with Gasteiger partial charge in [0.1, 0.15) is 4.90 Å². The average molecular weight is 300 g/mol. The molecule has 6 nitrogen and oxygen atoms in total. The molecule has 114 valence electrons. The van der Waals surface area contributed by atoms with E-state index in [0.717, 1.165) is 38.6 Å². The van der Waals surface area contributed by atoms with E-state index >= 15 is 0 Å². The molecule has 2 rings (SSSR count). The molecule has 0 spiro atoms. The molecule has 0 aromatic carbocycles. The van der Waals surface area contributed by atoms with Crippen LogP contribution < -0.4 is 10.0 Å². The van der Waals surface area contributed by atoms with Crippen LogP contribution in [0.25, 0.3) is 0 Å². The highest BCUT2D eigenvalue weighted by atomic mass is 32.2. The number of sulfonamides is 1. The summed E-state index contributed by atoms with van der Waals surface area (Å²) in [6.07, 6.45) is 5.07. The van der Waals surface area contributed by atoms with E-state index in [2.05, 4.69) is 27.2 Å². The Kier molecular flexibility index (Phi) is 5.17. The molecule has 20 heavy (non-hydrogen) atoms. The Morgan fingerprint density at radius 3 is 2.70 bits per heavy atom. The van der Waals surface area contributed by atoms with Gasteiger partial charge in [-0.15, -0.1) is 0 Å². The van der Waals surface area contributed by atoms with E-state index in [1.165, 1.54) is 0 Å². The van der Waals surface area contributed by atoms with Crippen molar-refractivity contribution in [3.05, 3.63) is 11.4 Å². The van der Waals surface area contributed by atoms with Gasteiger partial charge in [-0.3, -0.25) is 5.10 Å². The summed E-state index contributed by atoms with van der Waals surface area (Å²) in [5, 5.41) is 10.1. The van der Waals surface area contributed by atoms with E-state index in [9.17, 15) is 8.42 Å². The molecule has 0 aliphatic heterocycles. The lowest BCUT2D eigenvalue weighted by molar-refractivity contribution is 0.549. The zero-order valence-corrected chi connectivity index (χ0v) is 13.0. The first-order chi connectivity index (χ1) is 9.54. The summed E-state index contributed by atoms with van der Waals surface area (Å²) >= 11 is 0. The summed E-state index contributed by atoms with van der Waals surface area (Å²) in [5.41, 5.74) is 1.17. The van der Waals surface area contributed by atoms with Gasteiger partial charge >= 0.3 is 0 Å². The number of aryl methyl sites for hydroxylation is 1. The molecule has 0 saturated heterocycles. The van der Waals surface area contributed by atoms with E-state index in [0.29, 0.717) is 22.8 Å².